The molecule has 0 bridgehead atoms. The van der Waals surface area contributed by atoms with E-state index in [1.54, 1.807) is 23.9 Å². The van der Waals surface area contributed by atoms with Gasteiger partial charge in [-0.15, -0.1) is 0 Å². The fraction of sp³-hybridized carbons (Fsp3) is 0.133. The molecule has 0 fully saturated rings. The Morgan fingerprint density at radius 2 is 2.13 bits per heavy atom. The van der Waals surface area contributed by atoms with Gasteiger partial charge in [0.25, 0.3) is 0 Å². The zero-order valence-corrected chi connectivity index (χ0v) is 16.2. The Morgan fingerprint density at radius 3 is 2.87 bits per heavy atom. The van der Waals surface area contributed by atoms with E-state index in [0.29, 0.717) is 17.1 Å². The summed E-state index contributed by atoms with van der Waals surface area (Å²) >= 11 is 2.99. The molecule has 5 nitrogen and oxygen atoms in total. The monoisotopic (exact) mass is 454 g/mol. The van der Waals surface area contributed by atoms with Gasteiger partial charge in [0.15, 0.2) is 0 Å². The van der Waals surface area contributed by atoms with Crippen molar-refractivity contribution in [2.75, 3.05) is 5.32 Å². The van der Waals surface area contributed by atoms with Crippen molar-refractivity contribution >= 4 is 39.0 Å². The second kappa shape index (κ2) is 6.90. The predicted octanol–water partition coefficient (Wildman–Crippen LogP) is 0.744. The van der Waals surface area contributed by atoms with Crippen molar-refractivity contribution in [2.24, 2.45) is 5.73 Å². The van der Waals surface area contributed by atoms with Crippen molar-refractivity contribution in [3.05, 3.63) is 47.2 Å². The number of hydrogen-bond acceptors (Lipinski definition) is 7. The van der Waals surface area contributed by atoms with Gasteiger partial charge in [-0.05, 0) is 0 Å². The second-order valence-corrected chi connectivity index (χ2v) is 9.50. The van der Waals surface area contributed by atoms with Crippen LogP contribution in [0.2, 0.25) is 0 Å². The maximum absolute atomic E-state index is 8.95. The summed E-state index contributed by atoms with van der Waals surface area (Å²) in [5.41, 5.74) is 8.19. The van der Waals surface area contributed by atoms with Gasteiger partial charge in [-0.3, -0.25) is 0 Å². The summed E-state index contributed by atoms with van der Waals surface area (Å²) in [4.78, 5) is 10.2. The van der Waals surface area contributed by atoms with Gasteiger partial charge in [-0.2, -0.15) is 0 Å². The van der Waals surface area contributed by atoms with E-state index < -0.39 is 0 Å². The summed E-state index contributed by atoms with van der Waals surface area (Å²) in [5, 5.41) is 15.8. The molecule has 2 aromatic heterocycles. The minimum atomic E-state index is -0.131. The third-order valence-corrected chi connectivity index (χ3v) is 8.11. The number of nitrogens with two attached hydrogens (primary N) is 1. The molecule has 0 spiro atoms. The normalized spacial score (nSPS) is 14.7. The van der Waals surface area contributed by atoms with Gasteiger partial charge in [-0.1, -0.05) is 0 Å². The van der Waals surface area contributed by atoms with Crippen LogP contribution in [0.15, 0.2) is 30.2 Å². The number of anilines is 2. The van der Waals surface area contributed by atoms with E-state index in [1.807, 2.05) is 12.3 Å². The first kappa shape index (κ1) is 16.3. The molecule has 8 heteroatoms. The number of thioether (sulfide) groups is 1. The van der Waals surface area contributed by atoms with E-state index in [9.17, 15) is 0 Å². The van der Waals surface area contributed by atoms with Gasteiger partial charge < -0.3 is 0 Å². The van der Waals surface area contributed by atoms with Crippen molar-refractivity contribution in [2.45, 2.75) is 13.8 Å². The van der Waals surface area contributed by atoms with Crippen LogP contribution in [-0.4, -0.2) is 9.97 Å². The number of aromatic nitrogens is 2. The molecule has 3 N–H and O–H groups in total. The Balaban J connectivity index is 1.80. The van der Waals surface area contributed by atoms with Gasteiger partial charge in [0.05, 0.1) is 0 Å². The van der Waals surface area contributed by atoms with E-state index >= 15 is 0 Å². The zero-order chi connectivity index (χ0) is 16.4. The third-order valence-electron chi connectivity index (χ3n) is 3.04. The number of thiazole rings is 1. The first-order valence-electron chi connectivity index (χ1n) is 6.65. The predicted molar refractivity (Wildman–Crippen MR) is 91.5 cm³/mol. The van der Waals surface area contributed by atoms with Gasteiger partial charge in [0, 0.05) is 0 Å². The number of allylic oxidation sites excluding steroid dienone is 1. The number of halogens is 1. The standard InChI is InChI=1S/C15H13IN5S2/c1-8-14(23-12(18)5-16-8)11-7-22-15(20-11)21-13-4-3-10(6-17)9(2)19-13/h3-5,7H,18H2,1-2H3,(H,19,20,21)/q-1. The van der Waals surface area contributed by atoms with Crippen LogP contribution in [0, 0.1) is 18.3 Å². The molecule has 2 aromatic rings. The van der Waals surface area contributed by atoms with E-state index in [4.69, 9.17) is 11.0 Å². The van der Waals surface area contributed by atoms with E-state index in [1.165, 1.54) is 19.8 Å². The number of hydrogen-bond donors (Lipinski definition) is 2. The average molecular weight is 454 g/mol. The quantitative estimate of drug-likeness (QED) is 0.666. The summed E-state index contributed by atoms with van der Waals surface area (Å²) in [6.07, 6.45) is 0. The Kier molecular flexibility index (Phi) is 4.89. The molecule has 3 heterocycles. The summed E-state index contributed by atoms with van der Waals surface area (Å²) in [6, 6.07) is 5.67. The first-order chi connectivity index (χ1) is 11.1. The van der Waals surface area contributed by atoms with Gasteiger partial charge in [0.1, 0.15) is 0 Å². The van der Waals surface area contributed by atoms with Gasteiger partial charge >= 0.3 is 154 Å². The van der Waals surface area contributed by atoms with Crippen LogP contribution >= 0.6 is 23.1 Å². The molecular formula is C15H13IN5S2-. The minimum absolute atomic E-state index is 0.131. The zero-order valence-electron chi connectivity index (χ0n) is 12.4. The van der Waals surface area contributed by atoms with Crippen LogP contribution in [0.25, 0.3) is 4.91 Å². The summed E-state index contributed by atoms with van der Waals surface area (Å²) in [5.74, 6) is 0.691. The third kappa shape index (κ3) is 3.68. The van der Waals surface area contributed by atoms with E-state index in [2.05, 4.69) is 32.4 Å². The molecule has 0 atom stereocenters. The second-order valence-electron chi connectivity index (χ2n) is 4.69. The Morgan fingerprint density at radius 1 is 1.30 bits per heavy atom. The van der Waals surface area contributed by atoms with Crippen LogP contribution in [-0.2, 0) is 0 Å². The molecule has 0 aromatic carbocycles. The van der Waals surface area contributed by atoms with Crippen molar-refractivity contribution < 1.29 is 21.2 Å². The molecule has 0 saturated carbocycles. The molecule has 23 heavy (non-hydrogen) atoms. The molecular weight excluding hydrogens is 441 g/mol. The summed E-state index contributed by atoms with van der Waals surface area (Å²) < 4.78 is 3.52. The Labute approximate surface area is 153 Å². The Hall–Kier alpha value is -1.57. The van der Waals surface area contributed by atoms with Crippen LogP contribution in [0.5, 0.6) is 0 Å². The van der Waals surface area contributed by atoms with Crippen LogP contribution in [0.1, 0.15) is 23.9 Å². The molecule has 118 valence electrons. The topological polar surface area (TPSA) is 87.6 Å². The number of nitrogens with zero attached hydrogens (tertiary/aromatic N) is 3. The fourth-order valence-corrected chi connectivity index (χ4v) is 5.97. The van der Waals surface area contributed by atoms with E-state index in [-0.39, 0.29) is 21.2 Å². The van der Waals surface area contributed by atoms with Crippen LogP contribution in [0.3, 0.4) is 0 Å². The maximum atomic E-state index is 8.95. The molecule has 0 unspecified atom stereocenters. The molecule has 1 aliphatic heterocycles. The molecule has 0 radical (unpaired) electrons. The molecule has 0 aliphatic carbocycles. The molecule has 0 amide bonds. The van der Waals surface area contributed by atoms with E-state index in [0.717, 1.165) is 15.9 Å². The van der Waals surface area contributed by atoms with Gasteiger partial charge in [0.2, 0.25) is 0 Å². The van der Waals surface area contributed by atoms with Crippen molar-refractivity contribution in [1.82, 2.24) is 9.97 Å². The number of nitriles is 1. The number of aryl methyl sites for hydroxylation is 1. The Bertz CT molecular complexity index is 863. The molecule has 0 saturated heterocycles. The van der Waals surface area contributed by atoms with Gasteiger partial charge in [-0.25, -0.2) is 0 Å². The summed E-state index contributed by atoms with van der Waals surface area (Å²) in [6.45, 7) is 3.97. The first-order valence-corrected chi connectivity index (χ1v) is 10.7. The number of nitrogens with one attached hydrogen (secondary N) is 1. The van der Waals surface area contributed by atoms with Crippen molar-refractivity contribution in [3.8, 4) is 6.07 Å². The fourth-order valence-electron chi connectivity index (χ4n) is 1.92. The number of rotatable bonds is 3. The summed E-state index contributed by atoms with van der Waals surface area (Å²) in [7, 11) is 0. The molecule has 1 aliphatic rings. The average Bonchev–Trinajstić information content (AvgIpc) is 2.98. The number of pyridine rings is 1. The van der Waals surface area contributed by atoms with Crippen LogP contribution < -0.4 is 32.3 Å². The van der Waals surface area contributed by atoms with Crippen LogP contribution in [0.4, 0.5) is 10.9 Å². The molecule has 3 rings (SSSR count). The van der Waals surface area contributed by atoms with Crippen molar-refractivity contribution in [3.63, 3.8) is 0 Å². The van der Waals surface area contributed by atoms with Crippen molar-refractivity contribution in [1.29, 1.82) is 5.26 Å². The SMILES string of the molecule is CC1=C(c2csc(Nc3ccc(C#N)c(C)n3)n2)SC(N)=C[I-]1.